The number of aliphatic hydroxyl groups excluding tert-OH is 1. The van der Waals surface area contributed by atoms with E-state index in [0.29, 0.717) is 16.1 Å². The number of benzene rings is 2. The minimum Gasteiger partial charge on any atom is -0.507 e. The van der Waals surface area contributed by atoms with Crippen LogP contribution in [0.4, 0.5) is 0 Å². The Balaban J connectivity index is 2.14. The van der Waals surface area contributed by atoms with E-state index in [0.717, 1.165) is 5.56 Å². The number of likely N-dealkylation sites (tertiary alicyclic amines) is 1. The third kappa shape index (κ3) is 3.75. The fourth-order valence-corrected chi connectivity index (χ4v) is 3.28. The third-order valence-electron chi connectivity index (χ3n) is 4.59. The largest absolute Gasteiger partial charge is 0.507 e. The molecule has 0 radical (unpaired) electrons. The van der Waals surface area contributed by atoms with Crippen LogP contribution >= 0.6 is 11.6 Å². The van der Waals surface area contributed by atoms with Crippen molar-refractivity contribution in [2.75, 3.05) is 20.3 Å². The van der Waals surface area contributed by atoms with Crippen LogP contribution < -0.4 is 0 Å². The van der Waals surface area contributed by atoms with Gasteiger partial charge in [-0.15, -0.1) is 0 Å². The molecule has 6 heteroatoms. The van der Waals surface area contributed by atoms with Gasteiger partial charge in [0.05, 0.1) is 18.2 Å². The molecule has 0 aromatic heterocycles. The lowest BCUT2D eigenvalue weighted by Crippen LogP contribution is -2.32. The molecule has 1 heterocycles. The minimum absolute atomic E-state index is 0.0716. The summed E-state index contributed by atoms with van der Waals surface area (Å²) in [7, 11) is 1.53. The van der Waals surface area contributed by atoms with E-state index in [1.807, 2.05) is 19.1 Å². The van der Waals surface area contributed by atoms with Crippen molar-refractivity contribution in [2.45, 2.75) is 13.0 Å². The number of carbonyl (C=O) groups is 2. The zero-order valence-corrected chi connectivity index (χ0v) is 15.9. The molecule has 2 aromatic carbocycles. The number of hydrogen-bond acceptors (Lipinski definition) is 4. The lowest BCUT2D eigenvalue weighted by molar-refractivity contribution is -0.140. The minimum atomic E-state index is -0.705. The first-order valence-electron chi connectivity index (χ1n) is 8.54. The van der Waals surface area contributed by atoms with E-state index in [2.05, 4.69) is 0 Å². The summed E-state index contributed by atoms with van der Waals surface area (Å²) in [4.78, 5) is 26.8. The molecule has 1 amide bonds. The number of halogens is 1. The number of rotatable bonds is 5. The van der Waals surface area contributed by atoms with E-state index in [1.165, 1.54) is 12.0 Å². The molecule has 1 aliphatic rings. The molecule has 3 rings (SSSR count). The quantitative estimate of drug-likeness (QED) is 0.484. The van der Waals surface area contributed by atoms with Gasteiger partial charge in [-0.3, -0.25) is 9.59 Å². The monoisotopic (exact) mass is 385 g/mol. The van der Waals surface area contributed by atoms with Crippen molar-refractivity contribution < 1.29 is 19.4 Å². The fraction of sp³-hybridized carbons (Fsp3) is 0.238. The second kappa shape index (κ2) is 7.94. The number of amides is 1. The van der Waals surface area contributed by atoms with E-state index in [9.17, 15) is 14.7 Å². The van der Waals surface area contributed by atoms with E-state index in [1.54, 1.807) is 36.4 Å². The van der Waals surface area contributed by atoms with Crippen LogP contribution in [0.1, 0.15) is 22.7 Å². The van der Waals surface area contributed by atoms with Gasteiger partial charge in [0.25, 0.3) is 11.7 Å². The molecule has 2 aromatic rings. The summed E-state index contributed by atoms with van der Waals surface area (Å²) in [5.41, 5.74) is 2.29. The Morgan fingerprint density at radius 1 is 1.11 bits per heavy atom. The van der Waals surface area contributed by atoms with Gasteiger partial charge in [0.15, 0.2) is 0 Å². The molecular formula is C21H20ClNO4. The zero-order valence-electron chi connectivity index (χ0n) is 15.1. The van der Waals surface area contributed by atoms with Crippen LogP contribution in [-0.4, -0.2) is 42.0 Å². The van der Waals surface area contributed by atoms with Gasteiger partial charge in [-0.2, -0.15) is 0 Å². The first-order valence-corrected chi connectivity index (χ1v) is 8.91. The number of aliphatic hydroxyl groups is 1. The normalized spacial score (nSPS) is 18.9. The summed E-state index contributed by atoms with van der Waals surface area (Å²) in [6, 6.07) is 13.3. The van der Waals surface area contributed by atoms with Crippen molar-refractivity contribution in [3.05, 3.63) is 75.8 Å². The van der Waals surface area contributed by atoms with Crippen molar-refractivity contribution >= 4 is 29.1 Å². The maximum atomic E-state index is 12.7. The summed E-state index contributed by atoms with van der Waals surface area (Å²) in [6.45, 7) is 2.45. The summed E-state index contributed by atoms with van der Waals surface area (Å²) in [5, 5.41) is 11.4. The highest BCUT2D eigenvalue weighted by atomic mass is 35.5. The van der Waals surface area contributed by atoms with Gasteiger partial charge in [0, 0.05) is 24.2 Å². The average Bonchev–Trinajstić information content (AvgIpc) is 2.91. The Bertz CT molecular complexity index is 887. The van der Waals surface area contributed by atoms with E-state index in [4.69, 9.17) is 16.3 Å². The molecule has 1 fully saturated rings. The molecular weight excluding hydrogens is 366 g/mol. The van der Waals surface area contributed by atoms with Crippen LogP contribution in [0.3, 0.4) is 0 Å². The van der Waals surface area contributed by atoms with Crippen LogP contribution in [-0.2, 0) is 14.3 Å². The molecule has 27 heavy (non-hydrogen) atoms. The summed E-state index contributed by atoms with van der Waals surface area (Å²) in [5.74, 6) is -1.54. The van der Waals surface area contributed by atoms with E-state index >= 15 is 0 Å². The Hall–Kier alpha value is -2.63. The Morgan fingerprint density at radius 2 is 1.74 bits per heavy atom. The van der Waals surface area contributed by atoms with Gasteiger partial charge in [0.1, 0.15) is 5.76 Å². The van der Waals surface area contributed by atoms with Crippen molar-refractivity contribution in [3.63, 3.8) is 0 Å². The maximum Gasteiger partial charge on any atom is 0.295 e. The Morgan fingerprint density at radius 3 is 2.33 bits per heavy atom. The number of methoxy groups -OCH3 is 1. The molecule has 0 spiro atoms. The number of ether oxygens (including phenoxy) is 1. The molecule has 1 N–H and O–H groups in total. The Kier molecular flexibility index (Phi) is 5.63. The molecule has 5 nitrogen and oxygen atoms in total. The number of Topliss-reactive ketones (excluding diaryl/α,β-unsaturated/α-hetero) is 1. The highest BCUT2D eigenvalue weighted by molar-refractivity contribution is 6.46. The number of nitrogens with zero attached hydrogens (tertiary/aromatic N) is 1. The lowest BCUT2D eigenvalue weighted by Gasteiger charge is -2.25. The molecule has 0 saturated carbocycles. The molecule has 1 aliphatic heterocycles. The summed E-state index contributed by atoms with van der Waals surface area (Å²) < 4.78 is 5.08. The van der Waals surface area contributed by atoms with Gasteiger partial charge in [0.2, 0.25) is 0 Å². The molecule has 0 bridgehead atoms. The molecule has 1 atom stereocenters. The van der Waals surface area contributed by atoms with Crippen LogP contribution in [0, 0.1) is 6.92 Å². The standard InChI is InChI=1S/C21H20ClNO4/c1-13-3-5-15(6-4-13)19(24)17-18(14-7-9-16(22)10-8-14)23(11-12-27-2)21(26)20(17)25/h3-10,18,24H,11-12H2,1-2H3/t18-/m0/s1. The predicted octanol–water partition coefficient (Wildman–Crippen LogP) is 3.72. The highest BCUT2D eigenvalue weighted by Crippen LogP contribution is 2.39. The molecule has 0 aliphatic carbocycles. The number of aryl methyl sites for hydroxylation is 1. The second-order valence-electron chi connectivity index (χ2n) is 6.40. The predicted molar refractivity (Wildman–Crippen MR) is 104 cm³/mol. The average molecular weight is 386 g/mol. The van der Waals surface area contributed by atoms with Crippen LogP contribution in [0.2, 0.25) is 5.02 Å². The maximum absolute atomic E-state index is 12.7. The number of carbonyl (C=O) groups excluding carboxylic acids is 2. The van der Waals surface area contributed by atoms with Crippen molar-refractivity contribution in [1.82, 2.24) is 4.90 Å². The second-order valence-corrected chi connectivity index (χ2v) is 6.84. The van der Waals surface area contributed by atoms with Crippen LogP contribution in [0.25, 0.3) is 5.76 Å². The van der Waals surface area contributed by atoms with Gasteiger partial charge in [-0.25, -0.2) is 0 Å². The van der Waals surface area contributed by atoms with Gasteiger partial charge in [-0.1, -0.05) is 53.6 Å². The highest BCUT2D eigenvalue weighted by Gasteiger charge is 2.45. The zero-order chi connectivity index (χ0) is 19.6. The molecule has 140 valence electrons. The number of hydrogen-bond donors (Lipinski definition) is 1. The first-order chi connectivity index (χ1) is 12.9. The smallest absolute Gasteiger partial charge is 0.295 e. The summed E-state index contributed by atoms with van der Waals surface area (Å²) >= 11 is 5.98. The van der Waals surface area contributed by atoms with Crippen LogP contribution in [0.5, 0.6) is 0 Å². The number of ketones is 1. The first kappa shape index (κ1) is 19.1. The SMILES string of the molecule is COCCN1C(=O)C(=O)C(=C(O)c2ccc(C)cc2)[C@@H]1c1ccc(Cl)cc1. The van der Waals surface area contributed by atoms with Crippen molar-refractivity contribution in [1.29, 1.82) is 0 Å². The van der Waals surface area contributed by atoms with E-state index in [-0.39, 0.29) is 24.5 Å². The van der Waals surface area contributed by atoms with Gasteiger partial charge < -0.3 is 14.7 Å². The van der Waals surface area contributed by atoms with Crippen molar-refractivity contribution in [3.8, 4) is 0 Å². The topological polar surface area (TPSA) is 66.8 Å². The molecule has 0 unspecified atom stereocenters. The lowest BCUT2D eigenvalue weighted by atomic mass is 9.95. The van der Waals surface area contributed by atoms with E-state index < -0.39 is 17.7 Å². The third-order valence-corrected chi connectivity index (χ3v) is 4.84. The van der Waals surface area contributed by atoms with Crippen molar-refractivity contribution in [2.24, 2.45) is 0 Å². The fourth-order valence-electron chi connectivity index (χ4n) is 3.16. The van der Waals surface area contributed by atoms with Gasteiger partial charge in [-0.05, 0) is 24.6 Å². The van der Waals surface area contributed by atoms with Gasteiger partial charge >= 0.3 is 0 Å². The Labute approximate surface area is 162 Å². The summed E-state index contributed by atoms with van der Waals surface area (Å²) in [6.07, 6.45) is 0. The molecule has 1 saturated heterocycles. The van der Waals surface area contributed by atoms with Crippen LogP contribution in [0.15, 0.2) is 54.1 Å².